The number of aliphatic hydroxyl groups excluding tert-OH is 1. The van der Waals surface area contributed by atoms with Crippen molar-refractivity contribution in [3.8, 4) is 0 Å². The third-order valence-electron chi connectivity index (χ3n) is 3.45. The Bertz CT molecular complexity index is 417. The highest BCUT2D eigenvalue weighted by molar-refractivity contribution is 5.40. The zero-order valence-electron chi connectivity index (χ0n) is 13.6. The minimum absolute atomic E-state index is 0.291. The summed E-state index contributed by atoms with van der Waals surface area (Å²) in [6.07, 6.45) is 11.1. The molecule has 0 amide bonds. The SMILES string of the molecule is C=CC[C@@H](O)[C@@H](C/C=C/CCCCC)ONc1ccccc1. The minimum Gasteiger partial charge on any atom is -0.390 e. The van der Waals surface area contributed by atoms with E-state index in [0.717, 1.165) is 12.1 Å². The van der Waals surface area contributed by atoms with Crippen LogP contribution in [0.4, 0.5) is 5.69 Å². The van der Waals surface area contributed by atoms with Crippen molar-refractivity contribution >= 4 is 5.69 Å². The van der Waals surface area contributed by atoms with E-state index in [1.807, 2.05) is 30.3 Å². The number of nitrogens with one attached hydrogen (secondary N) is 1. The van der Waals surface area contributed by atoms with Crippen molar-refractivity contribution in [2.24, 2.45) is 0 Å². The first-order valence-corrected chi connectivity index (χ1v) is 8.18. The molecule has 2 N–H and O–H groups in total. The second-order valence-corrected chi connectivity index (χ2v) is 5.42. The fourth-order valence-corrected chi connectivity index (χ4v) is 2.12. The first-order chi connectivity index (χ1) is 10.8. The number of allylic oxidation sites excluding steroid dienone is 1. The summed E-state index contributed by atoms with van der Waals surface area (Å²) in [7, 11) is 0. The number of benzene rings is 1. The fraction of sp³-hybridized carbons (Fsp3) is 0.474. The lowest BCUT2D eigenvalue weighted by molar-refractivity contribution is -0.00886. The number of unbranched alkanes of at least 4 members (excludes halogenated alkanes) is 3. The summed E-state index contributed by atoms with van der Waals surface area (Å²) in [4.78, 5) is 5.67. The van der Waals surface area contributed by atoms with Gasteiger partial charge in [-0.3, -0.25) is 10.3 Å². The Morgan fingerprint density at radius 3 is 2.64 bits per heavy atom. The minimum atomic E-state index is -0.561. The van der Waals surface area contributed by atoms with Crippen LogP contribution in [0, 0.1) is 0 Å². The molecule has 0 aliphatic rings. The summed E-state index contributed by atoms with van der Waals surface area (Å²) in [5, 5.41) is 10.2. The highest BCUT2D eigenvalue weighted by atomic mass is 16.7. The van der Waals surface area contributed by atoms with Gasteiger partial charge in [-0.2, -0.15) is 0 Å². The Balaban J connectivity index is 2.43. The van der Waals surface area contributed by atoms with Gasteiger partial charge in [-0.1, -0.05) is 56.2 Å². The van der Waals surface area contributed by atoms with Crippen LogP contribution < -0.4 is 5.48 Å². The smallest absolute Gasteiger partial charge is 0.115 e. The van der Waals surface area contributed by atoms with E-state index in [1.165, 1.54) is 19.3 Å². The fourth-order valence-electron chi connectivity index (χ4n) is 2.12. The van der Waals surface area contributed by atoms with Crippen molar-refractivity contribution in [2.45, 2.75) is 57.7 Å². The molecule has 22 heavy (non-hydrogen) atoms. The summed E-state index contributed by atoms with van der Waals surface area (Å²) in [6, 6.07) is 9.69. The average molecular weight is 303 g/mol. The first-order valence-electron chi connectivity index (χ1n) is 8.18. The van der Waals surface area contributed by atoms with E-state index in [2.05, 4.69) is 31.1 Å². The first kappa shape index (κ1) is 18.5. The van der Waals surface area contributed by atoms with Crippen LogP contribution in [0.5, 0.6) is 0 Å². The average Bonchev–Trinajstić information content (AvgIpc) is 2.54. The molecule has 0 aliphatic carbocycles. The Kier molecular flexibility index (Phi) is 10.1. The van der Waals surface area contributed by atoms with Crippen LogP contribution in [0.3, 0.4) is 0 Å². The zero-order valence-corrected chi connectivity index (χ0v) is 13.6. The summed E-state index contributed by atoms with van der Waals surface area (Å²) >= 11 is 0. The maximum absolute atomic E-state index is 10.2. The van der Waals surface area contributed by atoms with Crippen LogP contribution >= 0.6 is 0 Å². The molecule has 0 fully saturated rings. The van der Waals surface area contributed by atoms with Crippen molar-refractivity contribution in [1.29, 1.82) is 0 Å². The molecule has 3 heteroatoms. The second-order valence-electron chi connectivity index (χ2n) is 5.42. The molecule has 2 atom stereocenters. The summed E-state index contributed by atoms with van der Waals surface area (Å²) in [5.41, 5.74) is 3.80. The molecule has 0 aromatic heterocycles. The van der Waals surface area contributed by atoms with Crippen LogP contribution in [0.2, 0.25) is 0 Å². The lowest BCUT2D eigenvalue weighted by atomic mass is 10.1. The monoisotopic (exact) mass is 303 g/mol. The van der Waals surface area contributed by atoms with Gasteiger partial charge in [0.2, 0.25) is 0 Å². The van der Waals surface area contributed by atoms with Gasteiger partial charge in [0.05, 0.1) is 11.8 Å². The van der Waals surface area contributed by atoms with Gasteiger partial charge in [0, 0.05) is 0 Å². The molecule has 1 aromatic carbocycles. The van der Waals surface area contributed by atoms with E-state index in [-0.39, 0.29) is 6.10 Å². The van der Waals surface area contributed by atoms with Crippen LogP contribution in [0.1, 0.15) is 45.4 Å². The van der Waals surface area contributed by atoms with Crippen molar-refractivity contribution in [2.75, 3.05) is 5.48 Å². The molecule has 1 aromatic rings. The van der Waals surface area contributed by atoms with Gasteiger partial charge in [-0.15, -0.1) is 6.58 Å². The third kappa shape index (κ3) is 8.01. The molecule has 122 valence electrons. The summed E-state index contributed by atoms with van der Waals surface area (Å²) in [5.74, 6) is 0. The van der Waals surface area contributed by atoms with E-state index < -0.39 is 6.10 Å². The molecule has 0 radical (unpaired) electrons. The molecule has 3 nitrogen and oxygen atoms in total. The van der Waals surface area contributed by atoms with Gasteiger partial charge in [-0.05, 0) is 37.8 Å². The van der Waals surface area contributed by atoms with E-state index >= 15 is 0 Å². The molecule has 0 bridgehead atoms. The van der Waals surface area contributed by atoms with E-state index in [9.17, 15) is 5.11 Å². The molecule has 0 saturated heterocycles. The maximum atomic E-state index is 10.2. The number of aliphatic hydroxyl groups is 1. The standard InChI is InChI=1S/C19H29NO2/c1-3-5-6-7-8-12-16-19(18(21)13-4-2)22-20-17-14-10-9-11-15-17/h4,8-12,14-15,18-21H,2-3,5-7,13,16H2,1H3/b12-8+/t18-,19-/m1/s1. The number of hydrogen-bond acceptors (Lipinski definition) is 3. The van der Waals surface area contributed by atoms with E-state index in [1.54, 1.807) is 6.08 Å². The number of hydrogen-bond donors (Lipinski definition) is 2. The molecule has 0 saturated carbocycles. The van der Waals surface area contributed by atoms with Gasteiger partial charge in [0.1, 0.15) is 6.10 Å². The Morgan fingerprint density at radius 2 is 1.95 bits per heavy atom. The summed E-state index contributed by atoms with van der Waals surface area (Å²) < 4.78 is 0. The van der Waals surface area contributed by atoms with Gasteiger partial charge < -0.3 is 5.11 Å². The van der Waals surface area contributed by atoms with Crippen molar-refractivity contribution < 1.29 is 9.94 Å². The van der Waals surface area contributed by atoms with Gasteiger partial charge in [0.25, 0.3) is 0 Å². The number of anilines is 1. The van der Waals surface area contributed by atoms with Gasteiger partial charge in [-0.25, -0.2) is 0 Å². The predicted molar refractivity (Wildman–Crippen MR) is 93.7 cm³/mol. The second kappa shape index (κ2) is 12.0. The summed E-state index contributed by atoms with van der Waals surface area (Å²) in [6.45, 7) is 5.88. The quantitative estimate of drug-likeness (QED) is 0.329. The molecule has 0 aliphatic heterocycles. The van der Waals surface area contributed by atoms with E-state index in [0.29, 0.717) is 12.8 Å². The molecule has 0 heterocycles. The molecule has 0 spiro atoms. The van der Waals surface area contributed by atoms with Crippen molar-refractivity contribution in [3.63, 3.8) is 0 Å². The Morgan fingerprint density at radius 1 is 1.18 bits per heavy atom. The number of rotatable bonds is 12. The lowest BCUT2D eigenvalue weighted by Gasteiger charge is -2.21. The van der Waals surface area contributed by atoms with Gasteiger partial charge in [0.15, 0.2) is 0 Å². The highest BCUT2D eigenvalue weighted by Crippen LogP contribution is 2.13. The highest BCUT2D eigenvalue weighted by Gasteiger charge is 2.18. The van der Waals surface area contributed by atoms with Gasteiger partial charge >= 0.3 is 0 Å². The topological polar surface area (TPSA) is 41.5 Å². The Labute approximate surface area is 134 Å². The molecule has 0 unspecified atom stereocenters. The van der Waals surface area contributed by atoms with Crippen LogP contribution in [0.25, 0.3) is 0 Å². The molecule has 1 rings (SSSR count). The molecular formula is C19H29NO2. The van der Waals surface area contributed by atoms with Crippen LogP contribution in [0.15, 0.2) is 55.1 Å². The Hall–Kier alpha value is -1.58. The zero-order chi connectivity index (χ0) is 16.0. The van der Waals surface area contributed by atoms with Crippen molar-refractivity contribution in [1.82, 2.24) is 0 Å². The lowest BCUT2D eigenvalue weighted by Crippen LogP contribution is -2.30. The largest absolute Gasteiger partial charge is 0.390 e. The molecular weight excluding hydrogens is 274 g/mol. The maximum Gasteiger partial charge on any atom is 0.115 e. The predicted octanol–water partition coefficient (Wildman–Crippen LogP) is 4.86. The van der Waals surface area contributed by atoms with Crippen molar-refractivity contribution in [3.05, 3.63) is 55.1 Å². The van der Waals surface area contributed by atoms with Crippen LogP contribution in [-0.4, -0.2) is 17.3 Å². The normalized spacial score (nSPS) is 13.9. The number of para-hydroxylation sites is 1. The van der Waals surface area contributed by atoms with Crippen LogP contribution in [-0.2, 0) is 4.84 Å². The third-order valence-corrected chi connectivity index (χ3v) is 3.45. The van der Waals surface area contributed by atoms with E-state index in [4.69, 9.17) is 4.84 Å².